The number of hydrogen-bond donors (Lipinski definition) is 0. The van der Waals surface area contributed by atoms with Crippen LogP contribution >= 0.6 is 0 Å². The molecule has 2 aromatic carbocycles. The van der Waals surface area contributed by atoms with Crippen LogP contribution in [0.1, 0.15) is 61.5 Å². The van der Waals surface area contributed by atoms with Crippen LogP contribution in [-0.4, -0.2) is 90.6 Å². The molecular formula is C32H40N4O7. The first-order chi connectivity index (χ1) is 20.4. The van der Waals surface area contributed by atoms with E-state index in [4.69, 9.17) is 14.2 Å². The number of nitrogens with zero attached hydrogens (tertiary/aromatic N) is 4. The van der Waals surface area contributed by atoms with Gasteiger partial charge in [0.15, 0.2) is 11.5 Å². The fourth-order valence-electron chi connectivity index (χ4n) is 6.00. The molecule has 3 aliphatic rings. The van der Waals surface area contributed by atoms with Crippen molar-refractivity contribution < 1.29 is 33.4 Å². The second-order valence-electron chi connectivity index (χ2n) is 12.3. The van der Waals surface area contributed by atoms with E-state index in [-0.39, 0.29) is 49.2 Å². The van der Waals surface area contributed by atoms with Gasteiger partial charge in [0.1, 0.15) is 11.6 Å². The fourth-order valence-corrected chi connectivity index (χ4v) is 6.00. The summed E-state index contributed by atoms with van der Waals surface area (Å²) in [5, 5.41) is 0. The molecule has 0 aliphatic carbocycles. The van der Waals surface area contributed by atoms with Gasteiger partial charge in [-0.2, -0.15) is 0 Å². The van der Waals surface area contributed by atoms with Crippen molar-refractivity contribution in [1.29, 1.82) is 0 Å². The Balaban J connectivity index is 1.27. The Morgan fingerprint density at radius 2 is 1.74 bits per heavy atom. The maximum atomic E-state index is 13.6. The minimum Gasteiger partial charge on any atom is -0.493 e. The number of fused-ring (bicyclic) bond motifs is 1. The molecule has 2 fully saturated rings. The molecule has 2 aromatic rings. The Bertz CT molecular complexity index is 1440. The van der Waals surface area contributed by atoms with Crippen LogP contribution in [0.25, 0.3) is 0 Å². The third-order valence-corrected chi connectivity index (χ3v) is 8.34. The van der Waals surface area contributed by atoms with Gasteiger partial charge in [-0.25, -0.2) is 4.79 Å². The van der Waals surface area contributed by atoms with E-state index in [1.165, 1.54) is 12.0 Å². The first kappa shape index (κ1) is 30.2. The van der Waals surface area contributed by atoms with E-state index in [9.17, 15) is 19.2 Å². The van der Waals surface area contributed by atoms with E-state index in [1.54, 1.807) is 35.1 Å². The number of piperidine rings is 1. The zero-order valence-electron chi connectivity index (χ0n) is 25.7. The number of ether oxygens (including phenoxy) is 3. The molecule has 5 rings (SSSR count). The number of carbonyl (C=O) groups is 4. The standard InChI is InChI=1S/C32H40N4O7/c1-32(2,3)43-31(40)34-14-13-23(19-34)33(4)22-8-9-24-21(16-22)18-35(29(24)38)25-10-12-28(37)36(30(25)39)17-20-7-11-26(41-5)27(15-20)42-6/h7-9,11,15-16,23,25H,10,12-14,17-19H2,1-6H3/t23-,25?/m1/s1. The molecule has 4 amide bonds. The monoisotopic (exact) mass is 592 g/mol. The SMILES string of the molecule is COc1ccc(CN2C(=O)CCC(N3Cc4cc(N(C)[C@@H]5CCN(C(=O)OC(C)(C)C)C5)ccc4C3=O)C2=O)cc1OC. The van der Waals surface area contributed by atoms with Gasteiger partial charge in [-0.1, -0.05) is 6.07 Å². The average Bonchev–Trinajstić information content (AvgIpc) is 3.59. The highest BCUT2D eigenvalue weighted by atomic mass is 16.6. The summed E-state index contributed by atoms with van der Waals surface area (Å²) in [4.78, 5) is 59.2. The molecular weight excluding hydrogens is 552 g/mol. The second-order valence-corrected chi connectivity index (χ2v) is 12.3. The third kappa shape index (κ3) is 6.11. The number of amides is 4. The quantitative estimate of drug-likeness (QED) is 0.447. The first-order valence-corrected chi connectivity index (χ1v) is 14.6. The van der Waals surface area contributed by atoms with Gasteiger partial charge in [0.05, 0.1) is 20.8 Å². The highest BCUT2D eigenvalue weighted by Crippen LogP contribution is 2.34. The van der Waals surface area contributed by atoms with Crippen LogP contribution in [0.5, 0.6) is 11.5 Å². The lowest BCUT2D eigenvalue weighted by Crippen LogP contribution is -2.54. The van der Waals surface area contributed by atoms with Crippen LogP contribution in [0, 0.1) is 0 Å². The molecule has 2 saturated heterocycles. The van der Waals surface area contributed by atoms with E-state index >= 15 is 0 Å². The topological polar surface area (TPSA) is 109 Å². The van der Waals surface area contributed by atoms with E-state index < -0.39 is 11.6 Å². The molecule has 11 nitrogen and oxygen atoms in total. The first-order valence-electron chi connectivity index (χ1n) is 14.6. The summed E-state index contributed by atoms with van der Waals surface area (Å²) in [7, 11) is 5.06. The molecule has 43 heavy (non-hydrogen) atoms. The molecule has 3 aliphatic heterocycles. The number of rotatable bonds is 7. The summed E-state index contributed by atoms with van der Waals surface area (Å²) < 4.78 is 16.2. The van der Waals surface area contributed by atoms with Crippen molar-refractivity contribution in [2.45, 2.75) is 70.8 Å². The lowest BCUT2D eigenvalue weighted by Gasteiger charge is -2.35. The van der Waals surface area contributed by atoms with Crippen LogP contribution in [-0.2, 0) is 27.4 Å². The highest BCUT2D eigenvalue weighted by Gasteiger charge is 2.43. The Morgan fingerprint density at radius 3 is 2.44 bits per heavy atom. The normalized spacial score (nSPS) is 20.4. The van der Waals surface area contributed by atoms with Gasteiger partial charge in [-0.05, 0) is 75.1 Å². The lowest BCUT2D eigenvalue weighted by molar-refractivity contribution is -0.153. The number of anilines is 1. The molecule has 1 unspecified atom stereocenters. The van der Waals surface area contributed by atoms with Crippen molar-refractivity contribution >= 4 is 29.5 Å². The highest BCUT2D eigenvalue weighted by molar-refractivity contribution is 6.05. The van der Waals surface area contributed by atoms with Crippen LogP contribution in [0.15, 0.2) is 36.4 Å². The van der Waals surface area contributed by atoms with Crippen molar-refractivity contribution in [2.24, 2.45) is 0 Å². The van der Waals surface area contributed by atoms with Gasteiger partial charge in [-0.3, -0.25) is 19.3 Å². The second kappa shape index (κ2) is 11.8. The summed E-state index contributed by atoms with van der Waals surface area (Å²) in [5.74, 6) is 0.215. The molecule has 230 valence electrons. The zero-order chi connectivity index (χ0) is 31.1. The predicted octanol–water partition coefficient (Wildman–Crippen LogP) is 3.82. The summed E-state index contributed by atoms with van der Waals surface area (Å²) in [5.41, 5.74) is 2.51. The zero-order valence-corrected chi connectivity index (χ0v) is 25.7. The molecule has 11 heteroatoms. The molecule has 0 radical (unpaired) electrons. The Labute approximate surface area is 252 Å². The van der Waals surface area contributed by atoms with E-state index in [2.05, 4.69) is 4.90 Å². The molecule has 0 spiro atoms. The number of methoxy groups -OCH3 is 2. The van der Waals surface area contributed by atoms with Crippen molar-refractivity contribution in [1.82, 2.24) is 14.7 Å². The number of imide groups is 1. The van der Waals surface area contributed by atoms with Crippen LogP contribution < -0.4 is 14.4 Å². The van der Waals surface area contributed by atoms with Gasteiger partial charge in [0, 0.05) is 50.4 Å². The molecule has 2 atom stereocenters. The Kier molecular flexibility index (Phi) is 8.27. The lowest BCUT2D eigenvalue weighted by atomic mass is 10.0. The van der Waals surface area contributed by atoms with Crippen molar-refractivity contribution in [2.75, 3.05) is 39.3 Å². The number of likely N-dealkylation sites (tertiary alicyclic amines) is 2. The number of hydrogen-bond acceptors (Lipinski definition) is 8. The van der Waals surface area contributed by atoms with E-state index in [1.807, 2.05) is 46.0 Å². The molecule has 0 aromatic heterocycles. The summed E-state index contributed by atoms with van der Waals surface area (Å²) in [6.45, 7) is 7.11. The fraction of sp³-hybridized carbons (Fsp3) is 0.500. The smallest absolute Gasteiger partial charge is 0.410 e. The third-order valence-electron chi connectivity index (χ3n) is 8.34. The minimum absolute atomic E-state index is 0.0835. The maximum Gasteiger partial charge on any atom is 0.410 e. The van der Waals surface area contributed by atoms with Crippen LogP contribution in [0.2, 0.25) is 0 Å². The summed E-state index contributed by atoms with van der Waals surface area (Å²) in [6.07, 6.45) is 0.954. The van der Waals surface area contributed by atoms with Crippen LogP contribution in [0.4, 0.5) is 10.5 Å². The van der Waals surface area contributed by atoms with Gasteiger partial charge < -0.3 is 28.9 Å². The summed E-state index contributed by atoms with van der Waals surface area (Å²) in [6, 6.07) is 10.4. The number of carbonyl (C=O) groups excluding carboxylic acids is 4. The number of benzene rings is 2. The van der Waals surface area contributed by atoms with Gasteiger partial charge in [-0.15, -0.1) is 0 Å². The van der Waals surface area contributed by atoms with Crippen molar-refractivity contribution in [3.05, 3.63) is 53.1 Å². The Hall–Kier alpha value is -4.28. The average molecular weight is 593 g/mol. The van der Waals surface area contributed by atoms with Gasteiger partial charge in [0.25, 0.3) is 11.8 Å². The molecule has 0 N–H and O–H groups in total. The van der Waals surface area contributed by atoms with Gasteiger partial charge >= 0.3 is 6.09 Å². The predicted molar refractivity (Wildman–Crippen MR) is 159 cm³/mol. The maximum absolute atomic E-state index is 13.6. The van der Waals surface area contributed by atoms with E-state index in [0.717, 1.165) is 23.2 Å². The largest absolute Gasteiger partial charge is 0.493 e. The van der Waals surface area contributed by atoms with E-state index in [0.29, 0.717) is 36.7 Å². The Morgan fingerprint density at radius 1 is 1.00 bits per heavy atom. The number of likely N-dealkylation sites (N-methyl/N-ethyl adjacent to an activating group) is 1. The van der Waals surface area contributed by atoms with Crippen molar-refractivity contribution in [3.8, 4) is 11.5 Å². The minimum atomic E-state index is -0.726. The molecule has 0 bridgehead atoms. The van der Waals surface area contributed by atoms with Crippen molar-refractivity contribution in [3.63, 3.8) is 0 Å². The molecule has 3 heterocycles. The van der Waals surface area contributed by atoms with Gasteiger partial charge in [0.2, 0.25) is 5.91 Å². The summed E-state index contributed by atoms with van der Waals surface area (Å²) >= 11 is 0. The van der Waals surface area contributed by atoms with Crippen LogP contribution in [0.3, 0.4) is 0 Å². The molecule has 0 saturated carbocycles.